The van der Waals surface area contributed by atoms with E-state index in [2.05, 4.69) is 0 Å². The van der Waals surface area contributed by atoms with Crippen molar-refractivity contribution in [2.75, 3.05) is 27.2 Å². The Morgan fingerprint density at radius 1 is 1.38 bits per heavy atom. The van der Waals surface area contributed by atoms with E-state index in [4.69, 9.17) is 16.3 Å². The van der Waals surface area contributed by atoms with E-state index in [0.29, 0.717) is 23.9 Å². The van der Waals surface area contributed by atoms with Gasteiger partial charge in [-0.1, -0.05) is 17.7 Å². The van der Waals surface area contributed by atoms with Gasteiger partial charge in [0.25, 0.3) is 5.91 Å². The smallest absolute Gasteiger partial charge is 0.263 e. The minimum Gasteiger partial charge on any atom is -0.479 e. The maximum absolute atomic E-state index is 12.7. The minimum atomic E-state index is -0.641. The third-order valence-electron chi connectivity index (χ3n) is 4.26. The van der Waals surface area contributed by atoms with E-state index < -0.39 is 6.10 Å². The normalized spacial score (nSPS) is 18.9. The van der Waals surface area contributed by atoms with Crippen LogP contribution >= 0.6 is 11.6 Å². The maximum Gasteiger partial charge on any atom is 0.263 e. The number of amides is 2. The van der Waals surface area contributed by atoms with E-state index in [1.54, 1.807) is 36.9 Å². The lowest BCUT2D eigenvalue weighted by atomic mass is 9.96. The summed E-state index contributed by atoms with van der Waals surface area (Å²) in [5.74, 6) is 0.342. The lowest BCUT2D eigenvalue weighted by molar-refractivity contribution is -0.143. The molecular formula is C18H25ClN2O3. The molecule has 0 radical (unpaired) electrons. The Hall–Kier alpha value is -1.75. The van der Waals surface area contributed by atoms with Gasteiger partial charge in [-0.05, 0) is 44.4 Å². The third-order valence-corrected chi connectivity index (χ3v) is 4.57. The summed E-state index contributed by atoms with van der Waals surface area (Å²) in [6.07, 6.45) is 1.01. The van der Waals surface area contributed by atoms with Crippen LogP contribution in [0, 0.1) is 12.8 Å². The summed E-state index contributed by atoms with van der Waals surface area (Å²) >= 11 is 6.13. The standard InChI is InChI=1S/C18H25ClN2O3/c1-12-7-8-15(19)16(10-12)24-13(2)17(22)21-9-5-6-14(11-21)18(23)20(3)4/h7-8,10,13-14H,5-6,9,11H2,1-4H3. The van der Waals surface area contributed by atoms with E-state index in [-0.39, 0.29) is 17.7 Å². The molecule has 1 saturated heterocycles. The number of hydrogen-bond acceptors (Lipinski definition) is 3. The number of halogens is 1. The largest absolute Gasteiger partial charge is 0.479 e. The number of likely N-dealkylation sites (tertiary alicyclic amines) is 1. The predicted octanol–water partition coefficient (Wildman–Crippen LogP) is 2.74. The molecule has 24 heavy (non-hydrogen) atoms. The van der Waals surface area contributed by atoms with Crippen molar-refractivity contribution >= 4 is 23.4 Å². The highest BCUT2D eigenvalue weighted by Crippen LogP contribution is 2.27. The number of benzene rings is 1. The summed E-state index contributed by atoms with van der Waals surface area (Å²) < 4.78 is 5.77. The van der Waals surface area contributed by atoms with Gasteiger partial charge in [-0.2, -0.15) is 0 Å². The molecule has 2 rings (SSSR count). The molecule has 5 nitrogen and oxygen atoms in total. The number of piperidine rings is 1. The molecule has 2 amide bonds. The van der Waals surface area contributed by atoms with Gasteiger partial charge < -0.3 is 14.5 Å². The first-order valence-electron chi connectivity index (χ1n) is 8.22. The Labute approximate surface area is 148 Å². The maximum atomic E-state index is 12.7. The van der Waals surface area contributed by atoms with Crippen molar-refractivity contribution < 1.29 is 14.3 Å². The van der Waals surface area contributed by atoms with E-state index in [9.17, 15) is 9.59 Å². The first kappa shape index (κ1) is 18.6. The molecule has 2 unspecified atom stereocenters. The highest BCUT2D eigenvalue weighted by atomic mass is 35.5. The van der Waals surface area contributed by atoms with Crippen LogP contribution in [0.3, 0.4) is 0 Å². The van der Waals surface area contributed by atoms with E-state index >= 15 is 0 Å². The van der Waals surface area contributed by atoms with Gasteiger partial charge in [-0.3, -0.25) is 9.59 Å². The van der Waals surface area contributed by atoms with E-state index in [1.807, 2.05) is 19.1 Å². The van der Waals surface area contributed by atoms with Crippen LogP contribution in [0.25, 0.3) is 0 Å². The molecule has 1 heterocycles. The summed E-state index contributed by atoms with van der Waals surface area (Å²) in [7, 11) is 3.49. The first-order chi connectivity index (χ1) is 11.3. The van der Waals surface area contributed by atoms with Gasteiger partial charge in [0.1, 0.15) is 5.75 Å². The number of hydrogen-bond donors (Lipinski definition) is 0. The van der Waals surface area contributed by atoms with Crippen molar-refractivity contribution in [3.05, 3.63) is 28.8 Å². The molecule has 1 aromatic carbocycles. The van der Waals surface area contributed by atoms with Crippen molar-refractivity contribution in [3.8, 4) is 5.75 Å². The van der Waals surface area contributed by atoms with Gasteiger partial charge in [0.2, 0.25) is 5.91 Å². The van der Waals surface area contributed by atoms with Gasteiger partial charge in [0, 0.05) is 27.2 Å². The zero-order chi connectivity index (χ0) is 17.9. The average Bonchev–Trinajstić information content (AvgIpc) is 2.56. The quantitative estimate of drug-likeness (QED) is 0.837. The van der Waals surface area contributed by atoms with Crippen LogP contribution in [0.4, 0.5) is 0 Å². The van der Waals surface area contributed by atoms with Crippen molar-refractivity contribution in [2.24, 2.45) is 5.92 Å². The number of rotatable bonds is 4. The monoisotopic (exact) mass is 352 g/mol. The molecule has 0 aliphatic carbocycles. The van der Waals surface area contributed by atoms with Gasteiger partial charge in [0.15, 0.2) is 6.10 Å². The van der Waals surface area contributed by atoms with Crippen molar-refractivity contribution in [3.63, 3.8) is 0 Å². The number of carbonyl (C=O) groups is 2. The number of aryl methyl sites for hydroxylation is 1. The molecule has 0 bridgehead atoms. The molecule has 0 spiro atoms. The molecule has 0 saturated carbocycles. The molecule has 0 aromatic heterocycles. The van der Waals surface area contributed by atoms with Crippen LogP contribution in [-0.2, 0) is 9.59 Å². The zero-order valence-electron chi connectivity index (χ0n) is 14.7. The first-order valence-corrected chi connectivity index (χ1v) is 8.60. The number of nitrogens with zero attached hydrogens (tertiary/aromatic N) is 2. The predicted molar refractivity (Wildman–Crippen MR) is 94.3 cm³/mol. The summed E-state index contributed by atoms with van der Waals surface area (Å²) in [5.41, 5.74) is 1.02. The molecule has 2 atom stereocenters. The molecule has 1 aromatic rings. The third kappa shape index (κ3) is 4.41. The molecule has 132 valence electrons. The highest BCUT2D eigenvalue weighted by Gasteiger charge is 2.31. The van der Waals surface area contributed by atoms with Crippen LogP contribution in [0.2, 0.25) is 5.02 Å². The van der Waals surface area contributed by atoms with Gasteiger partial charge in [-0.15, -0.1) is 0 Å². The van der Waals surface area contributed by atoms with E-state index in [0.717, 1.165) is 18.4 Å². The molecule has 1 fully saturated rings. The SMILES string of the molecule is Cc1ccc(Cl)c(OC(C)C(=O)N2CCCC(C(=O)N(C)C)C2)c1. The van der Waals surface area contributed by atoms with Gasteiger partial charge in [0.05, 0.1) is 10.9 Å². The average molecular weight is 353 g/mol. The van der Waals surface area contributed by atoms with Crippen molar-refractivity contribution in [1.29, 1.82) is 0 Å². The lowest BCUT2D eigenvalue weighted by Crippen LogP contribution is -2.48. The molecule has 1 aliphatic rings. The van der Waals surface area contributed by atoms with E-state index in [1.165, 1.54) is 0 Å². The van der Waals surface area contributed by atoms with Crippen LogP contribution in [0.15, 0.2) is 18.2 Å². The summed E-state index contributed by atoms with van der Waals surface area (Å²) in [6.45, 7) is 4.77. The van der Waals surface area contributed by atoms with Gasteiger partial charge in [-0.25, -0.2) is 0 Å². The fourth-order valence-corrected chi connectivity index (χ4v) is 3.10. The Kier molecular flexibility index (Phi) is 6.10. The summed E-state index contributed by atoms with van der Waals surface area (Å²) in [4.78, 5) is 28.1. The van der Waals surface area contributed by atoms with Crippen LogP contribution in [0.5, 0.6) is 5.75 Å². The van der Waals surface area contributed by atoms with Crippen molar-refractivity contribution in [1.82, 2.24) is 9.80 Å². The molecule has 6 heteroatoms. The minimum absolute atomic E-state index is 0.0720. The zero-order valence-corrected chi connectivity index (χ0v) is 15.5. The van der Waals surface area contributed by atoms with Crippen LogP contribution < -0.4 is 4.74 Å². The second-order valence-corrected chi connectivity index (χ2v) is 6.96. The Morgan fingerprint density at radius 2 is 2.08 bits per heavy atom. The molecular weight excluding hydrogens is 328 g/mol. The number of carbonyl (C=O) groups excluding carboxylic acids is 2. The van der Waals surface area contributed by atoms with Gasteiger partial charge >= 0.3 is 0 Å². The summed E-state index contributed by atoms with van der Waals surface area (Å²) in [5, 5.41) is 0.486. The molecule has 1 aliphatic heterocycles. The fourth-order valence-electron chi connectivity index (χ4n) is 2.94. The Balaban J connectivity index is 2.02. The Bertz CT molecular complexity index is 618. The van der Waals surface area contributed by atoms with Crippen LogP contribution in [0.1, 0.15) is 25.3 Å². The Morgan fingerprint density at radius 3 is 2.75 bits per heavy atom. The lowest BCUT2D eigenvalue weighted by Gasteiger charge is -2.34. The summed E-state index contributed by atoms with van der Waals surface area (Å²) in [6, 6.07) is 5.47. The topological polar surface area (TPSA) is 49.9 Å². The number of ether oxygens (including phenoxy) is 1. The second-order valence-electron chi connectivity index (χ2n) is 6.55. The fraction of sp³-hybridized carbons (Fsp3) is 0.556. The van der Waals surface area contributed by atoms with Crippen molar-refractivity contribution in [2.45, 2.75) is 32.8 Å². The van der Waals surface area contributed by atoms with Crippen LogP contribution in [-0.4, -0.2) is 54.9 Å². The molecule has 0 N–H and O–H groups in total. The highest BCUT2D eigenvalue weighted by molar-refractivity contribution is 6.32. The second kappa shape index (κ2) is 7.88.